The van der Waals surface area contributed by atoms with Gasteiger partial charge < -0.3 is 0 Å². The molecule has 0 fully saturated rings. The summed E-state index contributed by atoms with van der Waals surface area (Å²) < 4.78 is 24.2. The molecule has 1 N–H and O–H groups in total. The average molecular weight is 258 g/mol. The van der Waals surface area contributed by atoms with Crippen molar-refractivity contribution in [3.8, 4) is 0 Å². The fourth-order valence-electron chi connectivity index (χ4n) is 1.39. The van der Waals surface area contributed by atoms with Gasteiger partial charge in [0.2, 0.25) is 10.0 Å². The Morgan fingerprint density at radius 2 is 2.06 bits per heavy atom. The molecule has 0 amide bonds. The van der Waals surface area contributed by atoms with Crippen molar-refractivity contribution in [2.75, 3.05) is 6.26 Å². The quantitative estimate of drug-likeness (QED) is 0.635. The maximum atomic E-state index is 11.0. The molecule has 0 saturated carbocycles. The molecule has 7 heteroatoms. The van der Waals surface area contributed by atoms with Gasteiger partial charge in [0.15, 0.2) is 0 Å². The second-order valence-corrected chi connectivity index (χ2v) is 5.50. The van der Waals surface area contributed by atoms with Crippen LogP contribution >= 0.6 is 0 Å². The van der Waals surface area contributed by atoms with Crippen LogP contribution in [0, 0.1) is 10.1 Å². The molecule has 94 valence electrons. The summed E-state index contributed by atoms with van der Waals surface area (Å²) in [6, 6.07) is 4.72. The first kappa shape index (κ1) is 13.6. The molecular formula is C10H14N2O4S. The molecule has 1 aromatic rings. The van der Waals surface area contributed by atoms with Crippen LogP contribution in [0.25, 0.3) is 0 Å². The van der Waals surface area contributed by atoms with E-state index in [0.717, 1.165) is 18.2 Å². The van der Waals surface area contributed by atoms with E-state index in [1.165, 1.54) is 6.07 Å². The predicted octanol–water partition coefficient (Wildman–Crippen LogP) is 1.21. The van der Waals surface area contributed by atoms with E-state index >= 15 is 0 Å². The van der Waals surface area contributed by atoms with Crippen LogP contribution in [-0.2, 0) is 23.0 Å². The van der Waals surface area contributed by atoms with Crippen molar-refractivity contribution in [1.29, 1.82) is 0 Å². The van der Waals surface area contributed by atoms with Crippen molar-refractivity contribution in [3.63, 3.8) is 0 Å². The van der Waals surface area contributed by atoms with E-state index in [4.69, 9.17) is 0 Å². The zero-order chi connectivity index (χ0) is 13.1. The molecule has 6 nitrogen and oxygen atoms in total. The van der Waals surface area contributed by atoms with E-state index in [2.05, 4.69) is 4.72 Å². The minimum Gasteiger partial charge on any atom is -0.258 e. The maximum absolute atomic E-state index is 11.0. The zero-order valence-electron chi connectivity index (χ0n) is 9.63. The van der Waals surface area contributed by atoms with Crippen LogP contribution < -0.4 is 4.72 Å². The Morgan fingerprint density at radius 3 is 2.53 bits per heavy atom. The molecule has 17 heavy (non-hydrogen) atoms. The summed E-state index contributed by atoms with van der Waals surface area (Å²) in [6.45, 7) is 1.86. The number of nitro groups is 1. The lowest BCUT2D eigenvalue weighted by molar-refractivity contribution is -0.385. The molecule has 0 saturated heterocycles. The van der Waals surface area contributed by atoms with E-state index in [-0.39, 0.29) is 12.2 Å². The van der Waals surface area contributed by atoms with Crippen LogP contribution in [-0.4, -0.2) is 19.6 Å². The van der Waals surface area contributed by atoms with Crippen molar-refractivity contribution < 1.29 is 13.3 Å². The molecule has 0 aliphatic heterocycles. The second-order valence-electron chi connectivity index (χ2n) is 3.67. The highest BCUT2D eigenvalue weighted by atomic mass is 32.2. The number of sulfonamides is 1. The molecule has 0 aliphatic rings. The summed E-state index contributed by atoms with van der Waals surface area (Å²) in [5, 5.41) is 10.8. The highest BCUT2D eigenvalue weighted by Crippen LogP contribution is 2.20. The van der Waals surface area contributed by atoms with Gasteiger partial charge in [-0.3, -0.25) is 10.1 Å². The first-order chi connectivity index (χ1) is 7.83. The smallest absolute Gasteiger partial charge is 0.258 e. The van der Waals surface area contributed by atoms with Crippen LogP contribution in [0.3, 0.4) is 0 Å². The van der Waals surface area contributed by atoms with Gasteiger partial charge in [-0.25, -0.2) is 13.1 Å². The molecule has 0 unspecified atom stereocenters. The highest BCUT2D eigenvalue weighted by Gasteiger charge is 2.14. The van der Waals surface area contributed by atoms with Gasteiger partial charge in [-0.15, -0.1) is 0 Å². The van der Waals surface area contributed by atoms with E-state index in [0.29, 0.717) is 5.56 Å². The van der Waals surface area contributed by atoms with Gasteiger partial charge in [0.1, 0.15) is 0 Å². The van der Waals surface area contributed by atoms with Crippen LogP contribution in [0.4, 0.5) is 5.69 Å². The van der Waals surface area contributed by atoms with Crippen LogP contribution in [0.15, 0.2) is 18.2 Å². The van der Waals surface area contributed by atoms with Crippen molar-refractivity contribution in [1.82, 2.24) is 4.72 Å². The largest absolute Gasteiger partial charge is 0.273 e. The third-order valence-corrected chi connectivity index (χ3v) is 2.94. The molecule has 0 aromatic heterocycles. The number of hydrogen-bond donors (Lipinski definition) is 1. The van der Waals surface area contributed by atoms with E-state index in [1.807, 2.05) is 6.92 Å². The van der Waals surface area contributed by atoms with Gasteiger partial charge >= 0.3 is 0 Å². The Bertz CT molecular complexity index is 525. The van der Waals surface area contributed by atoms with Crippen molar-refractivity contribution >= 4 is 15.7 Å². The Labute approximate surface area is 99.9 Å². The van der Waals surface area contributed by atoms with Gasteiger partial charge in [-0.05, 0) is 18.1 Å². The van der Waals surface area contributed by atoms with Gasteiger partial charge in [-0.2, -0.15) is 0 Å². The molecule has 1 aromatic carbocycles. The van der Waals surface area contributed by atoms with Crippen molar-refractivity contribution in [3.05, 3.63) is 39.4 Å². The lowest BCUT2D eigenvalue weighted by atomic mass is 10.1. The van der Waals surface area contributed by atoms with Crippen LogP contribution in [0.1, 0.15) is 18.1 Å². The molecule has 1 rings (SSSR count). The minimum absolute atomic E-state index is 0.0665. The Hall–Kier alpha value is -1.47. The average Bonchev–Trinajstić information content (AvgIpc) is 2.24. The molecule has 0 bridgehead atoms. The van der Waals surface area contributed by atoms with E-state index < -0.39 is 14.9 Å². The third-order valence-electron chi connectivity index (χ3n) is 2.27. The summed E-state index contributed by atoms with van der Waals surface area (Å²) in [5.41, 5.74) is 1.24. The fourth-order valence-corrected chi connectivity index (χ4v) is 1.81. The number of aryl methyl sites for hydroxylation is 1. The third kappa shape index (κ3) is 4.12. The Morgan fingerprint density at radius 1 is 1.41 bits per heavy atom. The number of nitrogens with one attached hydrogen (secondary N) is 1. The second kappa shape index (κ2) is 5.24. The molecule has 0 radical (unpaired) electrons. The zero-order valence-corrected chi connectivity index (χ0v) is 10.5. The number of nitrogens with zero attached hydrogens (tertiary/aromatic N) is 1. The summed E-state index contributed by atoms with van der Waals surface area (Å²) in [7, 11) is -3.36. The SMILES string of the molecule is CCc1ccc([N+](=O)[O-])c(CNS(C)(=O)=O)c1. The van der Waals surface area contributed by atoms with Crippen molar-refractivity contribution in [2.24, 2.45) is 0 Å². The minimum atomic E-state index is -3.36. The van der Waals surface area contributed by atoms with E-state index in [9.17, 15) is 18.5 Å². The summed E-state index contributed by atoms with van der Waals surface area (Å²) >= 11 is 0. The fraction of sp³-hybridized carbons (Fsp3) is 0.400. The maximum Gasteiger partial charge on any atom is 0.273 e. The van der Waals surface area contributed by atoms with Crippen molar-refractivity contribution in [2.45, 2.75) is 19.9 Å². The number of hydrogen-bond acceptors (Lipinski definition) is 4. The summed E-state index contributed by atoms with van der Waals surface area (Å²) in [5.74, 6) is 0. The van der Waals surface area contributed by atoms with Gasteiger partial charge in [0.25, 0.3) is 5.69 Å². The van der Waals surface area contributed by atoms with Gasteiger partial charge in [0, 0.05) is 18.2 Å². The summed E-state index contributed by atoms with van der Waals surface area (Å²) in [4.78, 5) is 10.3. The number of rotatable bonds is 5. The van der Waals surface area contributed by atoms with E-state index in [1.54, 1.807) is 12.1 Å². The summed E-state index contributed by atoms with van der Waals surface area (Å²) in [6.07, 6.45) is 1.76. The van der Waals surface area contributed by atoms with Crippen LogP contribution in [0.5, 0.6) is 0 Å². The number of nitro benzene ring substituents is 1. The van der Waals surface area contributed by atoms with Gasteiger partial charge in [0.05, 0.1) is 11.2 Å². The monoisotopic (exact) mass is 258 g/mol. The lowest BCUT2D eigenvalue weighted by Crippen LogP contribution is -2.21. The first-order valence-electron chi connectivity index (χ1n) is 5.04. The number of benzene rings is 1. The molecular weight excluding hydrogens is 244 g/mol. The molecule has 0 aliphatic carbocycles. The molecule has 0 heterocycles. The lowest BCUT2D eigenvalue weighted by Gasteiger charge is -2.05. The Kier molecular flexibility index (Phi) is 4.19. The van der Waals surface area contributed by atoms with Crippen LogP contribution in [0.2, 0.25) is 0 Å². The predicted molar refractivity (Wildman–Crippen MR) is 64.2 cm³/mol. The normalized spacial score (nSPS) is 11.4. The first-order valence-corrected chi connectivity index (χ1v) is 6.93. The van der Waals surface area contributed by atoms with Gasteiger partial charge in [-0.1, -0.05) is 13.0 Å². The Balaban J connectivity index is 3.05. The topological polar surface area (TPSA) is 89.3 Å². The molecule has 0 atom stereocenters. The molecule has 0 spiro atoms. The standard InChI is InChI=1S/C10H14N2O4S/c1-3-8-4-5-10(12(13)14)9(6-8)7-11-17(2,15)16/h4-6,11H,3,7H2,1-2H3. The highest BCUT2D eigenvalue weighted by molar-refractivity contribution is 7.88.